The number of nitrogens with one attached hydrogen (secondary N) is 1. The van der Waals surface area contributed by atoms with E-state index in [0.29, 0.717) is 33.7 Å². The number of methoxy groups -OCH3 is 2. The van der Waals surface area contributed by atoms with E-state index in [-0.39, 0.29) is 16.6 Å². The molecule has 0 saturated carbocycles. The maximum Gasteiger partial charge on any atom is 0.238 e. The van der Waals surface area contributed by atoms with Crippen LogP contribution < -0.4 is 19.9 Å². The van der Waals surface area contributed by atoms with E-state index in [1.54, 1.807) is 14.2 Å². The predicted molar refractivity (Wildman–Crippen MR) is 141 cm³/mol. The monoisotopic (exact) mass is 537 g/mol. The molecule has 37 heavy (non-hydrogen) atoms. The summed E-state index contributed by atoms with van der Waals surface area (Å²) in [6.07, 6.45) is 0. The first kappa shape index (κ1) is 26.1. The van der Waals surface area contributed by atoms with Crippen LogP contribution in [0.4, 0.5) is 5.69 Å². The Kier molecular flexibility index (Phi) is 8.01. The molecule has 0 fully saturated rings. The average molecular weight is 538 g/mol. The fraction of sp³-hybridized carbons (Fsp3) is 0.120. The summed E-state index contributed by atoms with van der Waals surface area (Å²) in [4.78, 5) is 17.1. The van der Waals surface area contributed by atoms with Gasteiger partial charge >= 0.3 is 0 Å². The molecule has 3 aromatic carbocycles. The van der Waals surface area contributed by atoms with Crippen LogP contribution in [0.2, 0.25) is 0 Å². The summed E-state index contributed by atoms with van der Waals surface area (Å²) in [6, 6.07) is 20.4. The minimum atomic E-state index is -3.81. The molecular weight excluding hydrogens is 514 g/mol. The number of nitrogens with zero attached hydrogens (tertiary/aromatic N) is 3. The molecule has 4 aromatic rings. The third-order valence-corrected chi connectivity index (χ3v) is 6.96. The molecule has 0 spiro atoms. The van der Waals surface area contributed by atoms with Gasteiger partial charge in [-0.25, -0.2) is 18.5 Å². The summed E-state index contributed by atoms with van der Waals surface area (Å²) >= 11 is 1.12. The van der Waals surface area contributed by atoms with Crippen molar-refractivity contribution in [1.29, 1.82) is 0 Å². The zero-order valence-electron chi connectivity index (χ0n) is 19.9. The van der Waals surface area contributed by atoms with Crippen LogP contribution in [0.3, 0.4) is 0 Å². The van der Waals surface area contributed by atoms with E-state index in [2.05, 4.69) is 15.5 Å². The summed E-state index contributed by atoms with van der Waals surface area (Å²) in [5, 5.41) is 16.8. The second-order valence-corrected chi connectivity index (χ2v) is 10.2. The van der Waals surface area contributed by atoms with Gasteiger partial charge in [-0.15, -0.1) is 10.2 Å². The number of hydrogen-bond donors (Lipinski definition) is 2. The maximum absolute atomic E-state index is 12.5. The van der Waals surface area contributed by atoms with Gasteiger partial charge in [0.15, 0.2) is 0 Å². The van der Waals surface area contributed by atoms with Gasteiger partial charge in [0, 0.05) is 16.8 Å². The van der Waals surface area contributed by atoms with Gasteiger partial charge in [0.2, 0.25) is 21.1 Å². The maximum atomic E-state index is 12.5. The highest BCUT2D eigenvalue weighted by Crippen LogP contribution is 2.31. The third kappa shape index (κ3) is 6.61. The number of aromatic nitrogens is 3. The van der Waals surface area contributed by atoms with Crippen molar-refractivity contribution in [2.24, 2.45) is 5.14 Å². The van der Waals surface area contributed by atoms with Crippen molar-refractivity contribution in [1.82, 2.24) is 15.2 Å². The Labute approximate surface area is 218 Å². The van der Waals surface area contributed by atoms with Crippen LogP contribution in [-0.4, -0.2) is 49.5 Å². The van der Waals surface area contributed by atoms with Gasteiger partial charge in [-0.3, -0.25) is 4.79 Å². The van der Waals surface area contributed by atoms with E-state index in [4.69, 9.17) is 19.6 Å². The molecule has 0 atom stereocenters. The largest absolute Gasteiger partial charge is 0.497 e. The van der Waals surface area contributed by atoms with Gasteiger partial charge in [-0.2, -0.15) is 0 Å². The number of sulfonamides is 1. The highest BCUT2D eigenvalue weighted by molar-refractivity contribution is 7.99. The quantitative estimate of drug-likeness (QED) is 0.306. The predicted octanol–water partition coefficient (Wildman–Crippen LogP) is 3.60. The minimum absolute atomic E-state index is 0.0164. The van der Waals surface area contributed by atoms with Gasteiger partial charge in [0.05, 0.1) is 24.9 Å². The normalized spacial score (nSPS) is 11.1. The standard InChI is InChI=1S/C25H23N5O5S2/c1-34-19-9-3-16(4-10-19)23-24(17-5-11-20(35-2)12-6-17)29-30-25(28-23)36-15-22(31)27-18-7-13-21(14-8-18)37(26,32)33/h3-14H,15H2,1-2H3,(H,27,31)(H2,26,32,33). The molecule has 0 saturated heterocycles. The Balaban J connectivity index is 1.54. The summed E-state index contributed by atoms with van der Waals surface area (Å²) in [5.41, 5.74) is 3.23. The molecule has 1 aromatic heterocycles. The number of ether oxygens (including phenoxy) is 2. The number of anilines is 1. The molecule has 10 nitrogen and oxygen atoms in total. The van der Waals surface area contributed by atoms with Crippen molar-refractivity contribution in [2.75, 3.05) is 25.3 Å². The van der Waals surface area contributed by atoms with Crippen LogP contribution in [0.15, 0.2) is 82.8 Å². The van der Waals surface area contributed by atoms with Gasteiger partial charge in [0.25, 0.3) is 0 Å². The zero-order valence-corrected chi connectivity index (χ0v) is 21.5. The first-order chi connectivity index (χ1) is 17.8. The van der Waals surface area contributed by atoms with E-state index in [1.807, 2.05) is 48.5 Å². The Morgan fingerprint density at radius 1 is 0.838 bits per heavy atom. The number of carbonyl (C=O) groups excluding carboxylic acids is 1. The number of primary sulfonamides is 1. The van der Waals surface area contributed by atoms with Crippen molar-refractivity contribution in [3.8, 4) is 34.0 Å². The lowest BCUT2D eigenvalue weighted by Gasteiger charge is -2.11. The van der Waals surface area contributed by atoms with Crippen LogP contribution in [0.25, 0.3) is 22.5 Å². The number of amides is 1. The molecule has 4 rings (SSSR count). The first-order valence-corrected chi connectivity index (χ1v) is 13.4. The van der Waals surface area contributed by atoms with Crippen molar-refractivity contribution in [2.45, 2.75) is 10.1 Å². The van der Waals surface area contributed by atoms with E-state index in [9.17, 15) is 13.2 Å². The Hall–Kier alpha value is -4.00. The molecule has 12 heteroatoms. The first-order valence-electron chi connectivity index (χ1n) is 10.9. The van der Waals surface area contributed by atoms with Crippen LogP contribution in [0, 0.1) is 0 Å². The van der Waals surface area contributed by atoms with Crippen molar-refractivity contribution in [3.63, 3.8) is 0 Å². The molecule has 190 valence electrons. The molecule has 0 unspecified atom stereocenters. The highest BCUT2D eigenvalue weighted by atomic mass is 32.2. The van der Waals surface area contributed by atoms with Crippen molar-refractivity contribution in [3.05, 3.63) is 72.8 Å². The zero-order chi connectivity index (χ0) is 26.4. The Morgan fingerprint density at radius 3 is 1.89 bits per heavy atom. The fourth-order valence-corrected chi connectivity index (χ4v) is 4.42. The van der Waals surface area contributed by atoms with Crippen LogP contribution >= 0.6 is 11.8 Å². The number of hydrogen-bond acceptors (Lipinski definition) is 9. The van der Waals surface area contributed by atoms with Crippen LogP contribution in [-0.2, 0) is 14.8 Å². The summed E-state index contributed by atoms with van der Waals surface area (Å²) in [5.74, 6) is 1.12. The fourth-order valence-electron chi connectivity index (χ4n) is 3.32. The van der Waals surface area contributed by atoms with E-state index >= 15 is 0 Å². The molecule has 0 aliphatic carbocycles. The van der Waals surface area contributed by atoms with Gasteiger partial charge in [0.1, 0.15) is 22.9 Å². The van der Waals surface area contributed by atoms with Crippen molar-refractivity contribution >= 4 is 33.4 Å². The number of rotatable bonds is 9. The van der Waals surface area contributed by atoms with E-state index in [1.165, 1.54) is 24.3 Å². The lowest BCUT2D eigenvalue weighted by atomic mass is 10.0. The van der Waals surface area contributed by atoms with Crippen molar-refractivity contribution < 1.29 is 22.7 Å². The second kappa shape index (κ2) is 11.4. The topological polar surface area (TPSA) is 146 Å². The molecule has 0 aliphatic heterocycles. The molecule has 0 bridgehead atoms. The average Bonchev–Trinajstić information content (AvgIpc) is 2.92. The number of benzene rings is 3. The smallest absolute Gasteiger partial charge is 0.238 e. The highest BCUT2D eigenvalue weighted by Gasteiger charge is 2.16. The SMILES string of the molecule is COc1ccc(-c2nnc(SCC(=O)Nc3ccc(S(N)(=O)=O)cc3)nc2-c2ccc(OC)cc2)cc1. The minimum Gasteiger partial charge on any atom is -0.497 e. The van der Waals surface area contributed by atoms with Crippen LogP contribution in [0.5, 0.6) is 11.5 Å². The third-order valence-electron chi connectivity index (χ3n) is 5.19. The number of carbonyl (C=O) groups is 1. The van der Waals surface area contributed by atoms with Gasteiger partial charge in [-0.05, 0) is 72.8 Å². The van der Waals surface area contributed by atoms with E-state index < -0.39 is 10.0 Å². The van der Waals surface area contributed by atoms with Gasteiger partial charge in [-0.1, -0.05) is 11.8 Å². The molecule has 3 N–H and O–H groups in total. The summed E-state index contributed by atoms with van der Waals surface area (Å²) in [6.45, 7) is 0. The van der Waals surface area contributed by atoms with E-state index in [0.717, 1.165) is 22.9 Å². The molecular formula is C25H23N5O5S2. The second-order valence-electron chi connectivity index (χ2n) is 7.65. The van der Waals surface area contributed by atoms with Gasteiger partial charge < -0.3 is 14.8 Å². The number of nitrogens with two attached hydrogens (primary N) is 1. The summed E-state index contributed by atoms with van der Waals surface area (Å²) in [7, 11) is -0.612. The lowest BCUT2D eigenvalue weighted by molar-refractivity contribution is -0.113. The molecule has 1 amide bonds. The summed E-state index contributed by atoms with van der Waals surface area (Å²) < 4.78 is 33.3. The number of thioether (sulfide) groups is 1. The van der Waals surface area contributed by atoms with Crippen LogP contribution in [0.1, 0.15) is 0 Å². The molecule has 0 aliphatic rings. The Morgan fingerprint density at radius 2 is 1.38 bits per heavy atom. The Bertz CT molecular complexity index is 1490. The molecule has 1 heterocycles. The molecule has 0 radical (unpaired) electrons. The lowest BCUT2D eigenvalue weighted by Crippen LogP contribution is -2.15.